The van der Waals surface area contributed by atoms with Gasteiger partial charge in [-0.25, -0.2) is 4.39 Å². The van der Waals surface area contributed by atoms with E-state index >= 15 is 0 Å². The summed E-state index contributed by atoms with van der Waals surface area (Å²) in [7, 11) is 0. The molecule has 0 heterocycles. The Morgan fingerprint density at radius 3 is 2.73 bits per heavy atom. The molecule has 0 unspecified atom stereocenters. The monoisotopic (exact) mass is 209 g/mol. The van der Waals surface area contributed by atoms with Crippen molar-refractivity contribution in [3.05, 3.63) is 35.1 Å². The third-order valence-corrected chi connectivity index (χ3v) is 2.40. The van der Waals surface area contributed by atoms with Gasteiger partial charge in [0.2, 0.25) is 0 Å². The molecular formula is C12H16FNO. The molecule has 2 nitrogen and oxygen atoms in total. The number of carbonyl (C=O) groups is 1. The molecule has 0 aliphatic heterocycles. The van der Waals surface area contributed by atoms with Crippen LogP contribution in [0.5, 0.6) is 0 Å². The van der Waals surface area contributed by atoms with Crippen LogP contribution in [-0.4, -0.2) is 12.3 Å². The van der Waals surface area contributed by atoms with Crippen LogP contribution in [0.4, 0.5) is 4.39 Å². The van der Waals surface area contributed by atoms with Crippen LogP contribution in [0.3, 0.4) is 0 Å². The zero-order valence-electron chi connectivity index (χ0n) is 9.09. The molecule has 2 N–H and O–H groups in total. The van der Waals surface area contributed by atoms with Crippen molar-refractivity contribution in [2.45, 2.75) is 26.2 Å². The van der Waals surface area contributed by atoms with Crippen LogP contribution in [0.1, 0.15) is 30.9 Å². The molecule has 3 heteroatoms. The molecule has 0 saturated carbocycles. The smallest absolute Gasteiger partial charge is 0.134 e. The maximum atomic E-state index is 13.4. The van der Waals surface area contributed by atoms with Gasteiger partial charge in [-0.1, -0.05) is 19.1 Å². The van der Waals surface area contributed by atoms with Crippen LogP contribution in [0.15, 0.2) is 18.2 Å². The van der Waals surface area contributed by atoms with Crippen molar-refractivity contribution in [1.29, 1.82) is 0 Å². The number of hydrogen-bond donors (Lipinski definition) is 1. The number of carbonyl (C=O) groups excluding carboxylic acids is 1. The molecule has 82 valence electrons. The Morgan fingerprint density at radius 1 is 1.53 bits per heavy atom. The van der Waals surface area contributed by atoms with Crippen LogP contribution in [0, 0.1) is 5.82 Å². The van der Waals surface area contributed by atoms with E-state index in [9.17, 15) is 9.18 Å². The summed E-state index contributed by atoms with van der Waals surface area (Å²) in [6.07, 6.45) is 0.352. The minimum atomic E-state index is -0.250. The summed E-state index contributed by atoms with van der Waals surface area (Å²) in [5.74, 6) is -0.190. The number of rotatable bonds is 4. The van der Waals surface area contributed by atoms with E-state index in [1.54, 1.807) is 12.1 Å². The van der Waals surface area contributed by atoms with Gasteiger partial charge in [0, 0.05) is 6.42 Å². The van der Waals surface area contributed by atoms with Crippen LogP contribution >= 0.6 is 0 Å². The van der Waals surface area contributed by atoms with Crippen molar-refractivity contribution in [1.82, 2.24) is 0 Å². The standard InChI is InChI=1S/C12H16FNO/c1-8(7-14)11-6-10(5-9(2)15)3-4-12(11)13/h3-4,6,8H,5,7,14H2,1-2H3/t8-/m0/s1. The predicted molar refractivity (Wildman–Crippen MR) is 58.3 cm³/mol. The number of benzene rings is 1. The number of hydrogen-bond acceptors (Lipinski definition) is 2. The number of ketones is 1. The second kappa shape index (κ2) is 5.03. The Kier molecular flexibility index (Phi) is 3.97. The molecule has 1 aromatic rings. The lowest BCUT2D eigenvalue weighted by molar-refractivity contribution is -0.116. The molecule has 0 spiro atoms. The van der Waals surface area contributed by atoms with E-state index in [1.165, 1.54) is 13.0 Å². The fourth-order valence-electron chi connectivity index (χ4n) is 1.50. The Hall–Kier alpha value is -1.22. The van der Waals surface area contributed by atoms with Crippen LogP contribution < -0.4 is 5.73 Å². The summed E-state index contributed by atoms with van der Waals surface area (Å²) in [5.41, 5.74) is 6.93. The zero-order chi connectivity index (χ0) is 11.4. The van der Waals surface area contributed by atoms with Crippen molar-refractivity contribution in [2.24, 2.45) is 5.73 Å². The molecule has 0 aromatic heterocycles. The average molecular weight is 209 g/mol. The minimum Gasteiger partial charge on any atom is -0.330 e. The third kappa shape index (κ3) is 3.13. The van der Waals surface area contributed by atoms with Crippen LogP contribution in [0.2, 0.25) is 0 Å². The van der Waals surface area contributed by atoms with Gasteiger partial charge < -0.3 is 5.73 Å². The van der Waals surface area contributed by atoms with Crippen molar-refractivity contribution < 1.29 is 9.18 Å². The van der Waals surface area contributed by atoms with E-state index in [0.717, 1.165) is 5.56 Å². The summed E-state index contributed by atoms with van der Waals surface area (Å²) in [5, 5.41) is 0. The van der Waals surface area contributed by atoms with Crippen molar-refractivity contribution in [2.75, 3.05) is 6.54 Å². The van der Waals surface area contributed by atoms with Crippen molar-refractivity contribution in [3.8, 4) is 0 Å². The fourth-order valence-corrected chi connectivity index (χ4v) is 1.50. The normalized spacial score (nSPS) is 12.5. The summed E-state index contributed by atoms with van der Waals surface area (Å²) >= 11 is 0. The molecule has 1 atom stereocenters. The van der Waals surface area contributed by atoms with Gasteiger partial charge in [0.15, 0.2) is 0 Å². The minimum absolute atomic E-state index is 0.0168. The average Bonchev–Trinajstić information content (AvgIpc) is 2.19. The third-order valence-electron chi connectivity index (χ3n) is 2.40. The lowest BCUT2D eigenvalue weighted by atomic mass is 9.97. The van der Waals surface area contributed by atoms with Gasteiger partial charge in [-0.2, -0.15) is 0 Å². The molecule has 1 rings (SSSR count). The van der Waals surface area contributed by atoms with Gasteiger partial charge in [-0.15, -0.1) is 0 Å². The molecule has 1 aromatic carbocycles. The number of Topliss-reactive ketones (excluding diaryl/α,β-unsaturated/α-hetero) is 1. The SMILES string of the molecule is CC(=O)Cc1ccc(F)c([C@@H](C)CN)c1. The second-order valence-corrected chi connectivity index (χ2v) is 3.87. The van der Waals surface area contributed by atoms with Gasteiger partial charge >= 0.3 is 0 Å². The maximum absolute atomic E-state index is 13.4. The molecule has 0 bridgehead atoms. The lowest BCUT2D eigenvalue weighted by Gasteiger charge is -2.11. The van der Waals surface area contributed by atoms with Gasteiger partial charge in [0.1, 0.15) is 11.6 Å². The molecule has 0 amide bonds. The molecular weight excluding hydrogens is 193 g/mol. The predicted octanol–water partition coefficient (Wildman–Crippen LogP) is 2.02. The molecule has 0 aliphatic carbocycles. The van der Waals surface area contributed by atoms with Crippen molar-refractivity contribution >= 4 is 5.78 Å². The highest BCUT2D eigenvalue weighted by Crippen LogP contribution is 2.19. The lowest BCUT2D eigenvalue weighted by Crippen LogP contribution is -2.11. The largest absolute Gasteiger partial charge is 0.330 e. The molecule has 0 radical (unpaired) electrons. The first-order valence-electron chi connectivity index (χ1n) is 5.02. The quantitative estimate of drug-likeness (QED) is 0.824. The summed E-state index contributed by atoms with van der Waals surface area (Å²) in [6.45, 7) is 3.80. The van der Waals surface area contributed by atoms with Crippen molar-refractivity contribution in [3.63, 3.8) is 0 Å². The highest BCUT2D eigenvalue weighted by molar-refractivity contribution is 5.78. The molecule has 0 fully saturated rings. The topological polar surface area (TPSA) is 43.1 Å². The number of halogens is 1. The summed E-state index contributed by atoms with van der Waals surface area (Å²) in [6, 6.07) is 4.78. The molecule has 15 heavy (non-hydrogen) atoms. The van der Waals surface area contributed by atoms with E-state index < -0.39 is 0 Å². The summed E-state index contributed by atoms with van der Waals surface area (Å²) < 4.78 is 13.4. The fraction of sp³-hybridized carbons (Fsp3) is 0.417. The molecule has 0 saturated heterocycles. The summed E-state index contributed by atoms with van der Waals surface area (Å²) in [4.78, 5) is 10.9. The van der Waals surface area contributed by atoms with E-state index in [2.05, 4.69) is 0 Å². The Bertz CT molecular complexity index is 363. The Balaban J connectivity index is 2.99. The second-order valence-electron chi connectivity index (χ2n) is 3.87. The van der Waals surface area contributed by atoms with Gasteiger partial charge in [-0.3, -0.25) is 4.79 Å². The first-order valence-corrected chi connectivity index (χ1v) is 5.02. The highest BCUT2D eigenvalue weighted by atomic mass is 19.1. The number of nitrogens with two attached hydrogens (primary N) is 1. The zero-order valence-corrected chi connectivity index (χ0v) is 9.09. The van der Waals surface area contributed by atoms with Crippen LogP contribution in [0.25, 0.3) is 0 Å². The molecule has 0 aliphatic rings. The maximum Gasteiger partial charge on any atom is 0.134 e. The van der Waals surface area contributed by atoms with E-state index in [4.69, 9.17) is 5.73 Å². The van der Waals surface area contributed by atoms with E-state index in [1.807, 2.05) is 6.92 Å². The van der Waals surface area contributed by atoms with Gasteiger partial charge in [0.25, 0.3) is 0 Å². The first kappa shape index (κ1) is 11.9. The highest BCUT2D eigenvalue weighted by Gasteiger charge is 2.10. The van der Waals surface area contributed by atoms with Gasteiger partial charge in [-0.05, 0) is 36.6 Å². The van der Waals surface area contributed by atoms with Crippen LogP contribution in [-0.2, 0) is 11.2 Å². The Labute approximate surface area is 89.3 Å². The Morgan fingerprint density at radius 2 is 2.20 bits per heavy atom. The van der Waals surface area contributed by atoms with E-state index in [-0.39, 0.29) is 17.5 Å². The van der Waals surface area contributed by atoms with E-state index in [0.29, 0.717) is 18.5 Å². The van der Waals surface area contributed by atoms with Gasteiger partial charge in [0.05, 0.1) is 0 Å². The first-order chi connectivity index (χ1) is 7.04.